The van der Waals surface area contributed by atoms with Gasteiger partial charge in [-0.15, -0.1) is 5.10 Å². The third-order valence-corrected chi connectivity index (χ3v) is 3.79. The predicted molar refractivity (Wildman–Crippen MR) is 91.9 cm³/mol. The average molecular weight is 324 g/mol. The fraction of sp³-hybridized carbons (Fsp3) is 0.278. The lowest BCUT2D eigenvalue weighted by atomic mass is 10.0. The molecule has 6 nitrogen and oxygen atoms in total. The summed E-state index contributed by atoms with van der Waals surface area (Å²) >= 11 is 0. The molecule has 1 N–H and O–H groups in total. The first-order valence-electron chi connectivity index (χ1n) is 7.92. The molecule has 3 rings (SSSR count). The van der Waals surface area contributed by atoms with Crippen LogP contribution < -0.4 is 5.32 Å². The number of fused-ring (bicyclic) bond motifs is 1. The zero-order valence-electron chi connectivity index (χ0n) is 13.6. The number of nitrogens with one attached hydrogen (secondary N) is 1. The summed E-state index contributed by atoms with van der Waals surface area (Å²) in [5, 5.41) is 13.2. The molecule has 0 unspecified atom stereocenters. The van der Waals surface area contributed by atoms with Crippen molar-refractivity contribution >= 4 is 16.7 Å². The van der Waals surface area contributed by atoms with Crippen LogP contribution in [0.25, 0.3) is 10.8 Å². The summed E-state index contributed by atoms with van der Waals surface area (Å²) in [6, 6.07) is 14.4. The van der Waals surface area contributed by atoms with Crippen molar-refractivity contribution in [2.75, 3.05) is 20.3 Å². The van der Waals surface area contributed by atoms with Crippen molar-refractivity contribution in [1.82, 2.24) is 20.3 Å². The van der Waals surface area contributed by atoms with E-state index in [1.54, 1.807) is 18.0 Å². The minimum atomic E-state index is -0.213. The second-order valence-corrected chi connectivity index (χ2v) is 5.54. The second kappa shape index (κ2) is 7.70. The quantitative estimate of drug-likeness (QED) is 0.677. The van der Waals surface area contributed by atoms with Crippen molar-refractivity contribution in [3.05, 3.63) is 59.9 Å². The fourth-order valence-electron chi connectivity index (χ4n) is 2.59. The van der Waals surface area contributed by atoms with E-state index in [0.29, 0.717) is 25.4 Å². The van der Waals surface area contributed by atoms with Crippen molar-refractivity contribution in [3.63, 3.8) is 0 Å². The number of carbonyl (C=O) groups is 1. The Morgan fingerprint density at radius 3 is 2.92 bits per heavy atom. The Balaban J connectivity index is 1.68. The maximum Gasteiger partial charge on any atom is 0.273 e. The van der Waals surface area contributed by atoms with Crippen LogP contribution in [0, 0.1) is 0 Å². The Kier molecular flexibility index (Phi) is 5.18. The molecular formula is C18H20N4O2. The number of aromatic nitrogens is 3. The maximum atomic E-state index is 12.0. The summed E-state index contributed by atoms with van der Waals surface area (Å²) in [7, 11) is 1.64. The predicted octanol–water partition coefficient (Wildman–Crippen LogP) is 2.25. The molecule has 0 bridgehead atoms. The molecule has 0 saturated heterocycles. The van der Waals surface area contributed by atoms with Gasteiger partial charge in [-0.1, -0.05) is 47.7 Å². The molecule has 0 spiro atoms. The van der Waals surface area contributed by atoms with Gasteiger partial charge in [0.15, 0.2) is 5.69 Å². The first kappa shape index (κ1) is 16.1. The van der Waals surface area contributed by atoms with Crippen LogP contribution in [-0.2, 0) is 11.3 Å². The monoisotopic (exact) mass is 324 g/mol. The van der Waals surface area contributed by atoms with Crippen LogP contribution in [0.15, 0.2) is 48.7 Å². The molecule has 24 heavy (non-hydrogen) atoms. The van der Waals surface area contributed by atoms with Gasteiger partial charge in [0.2, 0.25) is 0 Å². The molecule has 0 fully saturated rings. The summed E-state index contributed by atoms with van der Waals surface area (Å²) < 4.78 is 6.64. The molecule has 0 aliphatic carbocycles. The van der Waals surface area contributed by atoms with E-state index < -0.39 is 0 Å². The van der Waals surface area contributed by atoms with Gasteiger partial charge in [0.05, 0.1) is 12.7 Å². The molecular weight excluding hydrogens is 304 g/mol. The Labute approximate surface area is 140 Å². The molecule has 1 heterocycles. The number of nitrogens with zero attached hydrogens (tertiary/aromatic N) is 3. The zero-order valence-corrected chi connectivity index (χ0v) is 13.6. The molecule has 1 aromatic heterocycles. The van der Waals surface area contributed by atoms with Gasteiger partial charge in [-0.2, -0.15) is 0 Å². The van der Waals surface area contributed by atoms with Gasteiger partial charge in [-0.05, 0) is 22.8 Å². The molecule has 124 valence electrons. The Morgan fingerprint density at radius 2 is 2.04 bits per heavy atom. The van der Waals surface area contributed by atoms with E-state index in [2.05, 4.69) is 39.9 Å². The van der Waals surface area contributed by atoms with E-state index in [4.69, 9.17) is 4.74 Å². The minimum Gasteiger partial charge on any atom is -0.385 e. The standard InChI is InChI=1S/C18H20N4O2/c1-24-11-5-10-19-18(23)17-13-22(21-20-17)12-15-8-4-7-14-6-2-3-9-16(14)15/h2-4,6-9,13H,5,10-12H2,1H3,(H,19,23). The van der Waals surface area contributed by atoms with Crippen LogP contribution in [0.5, 0.6) is 0 Å². The first-order chi connectivity index (χ1) is 11.8. The van der Waals surface area contributed by atoms with Crippen LogP contribution in [0.4, 0.5) is 0 Å². The average Bonchev–Trinajstić information content (AvgIpc) is 3.08. The zero-order chi connectivity index (χ0) is 16.8. The summed E-state index contributed by atoms with van der Waals surface area (Å²) in [5.41, 5.74) is 1.47. The Hall–Kier alpha value is -2.73. The summed E-state index contributed by atoms with van der Waals surface area (Å²) in [5.74, 6) is -0.213. The van der Waals surface area contributed by atoms with Gasteiger partial charge < -0.3 is 10.1 Å². The lowest BCUT2D eigenvalue weighted by Crippen LogP contribution is -2.25. The van der Waals surface area contributed by atoms with Crippen LogP contribution in [0.2, 0.25) is 0 Å². The number of ether oxygens (including phenoxy) is 1. The number of amides is 1. The molecule has 1 amide bonds. The van der Waals surface area contributed by atoms with E-state index in [0.717, 1.165) is 12.0 Å². The first-order valence-corrected chi connectivity index (χ1v) is 7.92. The van der Waals surface area contributed by atoms with Crippen molar-refractivity contribution < 1.29 is 9.53 Å². The van der Waals surface area contributed by atoms with E-state index in [1.807, 2.05) is 18.2 Å². The number of hydrogen-bond acceptors (Lipinski definition) is 4. The highest BCUT2D eigenvalue weighted by atomic mass is 16.5. The number of methoxy groups -OCH3 is 1. The van der Waals surface area contributed by atoms with Gasteiger partial charge in [-0.25, -0.2) is 4.68 Å². The number of hydrogen-bond donors (Lipinski definition) is 1. The van der Waals surface area contributed by atoms with E-state index >= 15 is 0 Å². The molecule has 2 aromatic carbocycles. The third kappa shape index (κ3) is 3.78. The Morgan fingerprint density at radius 1 is 1.21 bits per heavy atom. The van der Waals surface area contributed by atoms with Gasteiger partial charge >= 0.3 is 0 Å². The molecule has 0 aliphatic rings. The van der Waals surface area contributed by atoms with E-state index in [-0.39, 0.29) is 5.91 Å². The third-order valence-electron chi connectivity index (χ3n) is 3.79. The summed E-state index contributed by atoms with van der Waals surface area (Å²) in [6.45, 7) is 1.75. The minimum absolute atomic E-state index is 0.213. The van der Waals surface area contributed by atoms with E-state index in [1.165, 1.54) is 10.8 Å². The largest absolute Gasteiger partial charge is 0.385 e. The van der Waals surface area contributed by atoms with E-state index in [9.17, 15) is 4.79 Å². The highest BCUT2D eigenvalue weighted by Gasteiger charge is 2.11. The highest BCUT2D eigenvalue weighted by Crippen LogP contribution is 2.19. The van der Waals surface area contributed by atoms with Crippen molar-refractivity contribution in [1.29, 1.82) is 0 Å². The molecule has 0 aliphatic heterocycles. The molecule has 0 saturated carbocycles. The van der Waals surface area contributed by atoms with Gasteiger partial charge in [0, 0.05) is 20.3 Å². The molecule has 0 radical (unpaired) electrons. The van der Waals surface area contributed by atoms with Crippen LogP contribution in [0.3, 0.4) is 0 Å². The molecule has 3 aromatic rings. The highest BCUT2D eigenvalue weighted by molar-refractivity contribution is 5.91. The van der Waals surface area contributed by atoms with Crippen LogP contribution >= 0.6 is 0 Å². The fourth-order valence-corrected chi connectivity index (χ4v) is 2.59. The number of rotatable bonds is 7. The van der Waals surface area contributed by atoms with Crippen LogP contribution in [-0.4, -0.2) is 41.2 Å². The summed E-state index contributed by atoms with van der Waals surface area (Å²) in [4.78, 5) is 12.0. The smallest absolute Gasteiger partial charge is 0.273 e. The van der Waals surface area contributed by atoms with Gasteiger partial charge in [0.1, 0.15) is 0 Å². The molecule has 0 atom stereocenters. The SMILES string of the molecule is COCCCNC(=O)c1cn(Cc2cccc3ccccc23)nn1. The lowest BCUT2D eigenvalue weighted by molar-refractivity contribution is 0.0943. The Bertz CT molecular complexity index is 823. The van der Waals surface area contributed by atoms with Crippen LogP contribution in [0.1, 0.15) is 22.5 Å². The van der Waals surface area contributed by atoms with Crippen molar-refractivity contribution in [3.8, 4) is 0 Å². The normalized spacial score (nSPS) is 10.9. The van der Waals surface area contributed by atoms with Crippen molar-refractivity contribution in [2.24, 2.45) is 0 Å². The maximum absolute atomic E-state index is 12.0. The number of carbonyl (C=O) groups excluding carboxylic acids is 1. The number of benzene rings is 2. The topological polar surface area (TPSA) is 69.0 Å². The van der Waals surface area contributed by atoms with Gasteiger partial charge in [-0.3, -0.25) is 4.79 Å². The molecule has 6 heteroatoms. The van der Waals surface area contributed by atoms with Crippen molar-refractivity contribution in [2.45, 2.75) is 13.0 Å². The second-order valence-electron chi connectivity index (χ2n) is 5.54. The summed E-state index contributed by atoms with van der Waals surface area (Å²) in [6.07, 6.45) is 2.44. The van der Waals surface area contributed by atoms with Gasteiger partial charge in [0.25, 0.3) is 5.91 Å². The lowest BCUT2D eigenvalue weighted by Gasteiger charge is -2.06.